The molecule has 0 bridgehead atoms. The normalized spacial score (nSPS) is 15.4. The number of benzene rings is 1. The Bertz CT molecular complexity index is 891. The monoisotopic (exact) mass is 343 g/mol. The molecule has 1 aromatic carbocycles. The van der Waals surface area contributed by atoms with Crippen molar-refractivity contribution >= 4 is 16.8 Å². The second kappa shape index (κ2) is 7.25. The zero-order chi connectivity index (χ0) is 18.0. The van der Waals surface area contributed by atoms with Gasteiger partial charge >= 0.3 is 5.69 Å². The molecule has 134 valence electrons. The number of carbonyl (C=O) groups excluding carboxylic acids is 1. The van der Waals surface area contributed by atoms with Gasteiger partial charge in [-0.1, -0.05) is 19.3 Å². The second-order valence-corrected chi connectivity index (χ2v) is 6.62. The molecule has 0 unspecified atom stereocenters. The van der Waals surface area contributed by atoms with E-state index in [0.717, 1.165) is 30.3 Å². The average molecular weight is 343 g/mol. The van der Waals surface area contributed by atoms with Crippen molar-refractivity contribution in [2.24, 2.45) is 0 Å². The molecule has 6 heteroatoms. The molecule has 1 saturated carbocycles. The van der Waals surface area contributed by atoms with E-state index in [2.05, 4.69) is 4.98 Å². The summed E-state index contributed by atoms with van der Waals surface area (Å²) >= 11 is 0. The third kappa shape index (κ3) is 3.25. The molecule has 0 aliphatic heterocycles. The first kappa shape index (κ1) is 17.5. The Morgan fingerprint density at radius 2 is 1.92 bits per heavy atom. The molecule has 0 spiro atoms. The van der Waals surface area contributed by atoms with Crippen molar-refractivity contribution < 1.29 is 4.79 Å². The molecule has 2 aromatic rings. The largest absolute Gasteiger partial charge is 0.336 e. The minimum atomic E-state index is -0.441. The van der Waals surface area contributed by atoms with E-state index in [1.54, 1.807) is 25.1 Å². The number of amides is 1. The van der Waals surface area contributed by atoms with E-state index < -0.39 is 5.69 Å². The van der Waals surface area contributed by atoms with Crippen molar-refractivity contribution in [3.63, 3.8) is 0 Å². The molecule has 0 radical (unpaired) electrons. The highest BCUT2D eigenvalue weighted by molar-refractivity contribution is 5.97. The van der Waals surface area contributed by atoms with Gasteiger partial charge in [0.15, 0.2) is 0 Å². The topological polar surface area (TPSA) is 75.2 Å². The fourth-order valence-electron chi connectivity index (χ4n) is 3.80. The summed E-state index contributed by atoms with van der Waals surface area (Å²) in [5, 5.41) is 0.429. The summed E-state index contributed by atoms with van der Waals surface area (Å²) in [7, 11) is 0. The van der Waals surface area contributed by atoms with Gasteiger partial charge in [0.25, 0.3) is 11.5 Å². The molecular formula is C19H25N3O3. The molecule has 1 fully saturated rings. The average Bonchev–Trinajstić information content (AvgIpc) is 2.63. The van der Waals surface area contributed by atoms with Crippen molar-refractivity contribution in [3.05, 3.63) is 44.6 Å². The van der Waals surface area contributed by atoms with E-state index in [-0.39, 0.29) is 17.5 Å². The smallest absolute Gasteiger partial charge is 0.328 e. The lowest BCUT2D eigenvalue weighted by Crippen LogP contribution is -2.41. The Morgan fingerprint density at radius 1 is 1.20 bits per heavy atom. The van der Waals surface area contributed by atoms with Gasteiger partial charge in [-0.3, -0.25) is 14.2 Å². The summed E-state index contributed by atoms with van der Waals surface area (Å²) in [5.41, 5.74) is 0.179. The molecule has 1 aromatic heterocycles. The van der Waals surface area contributed by atoms with Crippen LogP contribution in [0.1, 0.15) is 56.3 Å². The van der Waals surface area contributed by atoms with E-state index in [4.69, 9.17) is 0 Å². The highest BCUT2D eigenvalue weighted by Gasteiger charge is 2.25. The van der Waals surface area contributed by atoms with E-state index >= 15 is 0 Å². The first-order valence-electron chi connectivity index (χ1n) is 9.14. The number of carbonyl (C=O) groups is 1. The van der Waals surface area contributed by atoms with Crippen LogP contribution in [0.15, 0.2) is 27.8 Å². The molecule has 0 atom stereocenters. The predicted molar refractivity (Wildman–Crippen MR) is 98.1 cm³/mol. The Kier molecular flexibility index (Phi) is 5.06. The first-order chi connectivity index (χ1) is 12.1. The maximum absolute atomic E-state index is 13.0. The van der Waals surface area contributed by atoms with E-state index in [1.807, 2.05) is 11.8 Å². The number of aromatic amines is 1. The number of nitrogens with zero attached hydrogens (tertiary/aromatic N) is 2. The van der Waals surface area contributed by atoms with Crippen LogP contribution >= 0.6 is 0 Å². The summed E-state index contributed by atoms with van der Waals surface area (Å²) in [6, 6.07) is 5.25. The Labute approximate surface area is 146 Å². The summed E-state index contributed by atoms with van der Waals surface area (Å²) in [5.74, 6) is -0.0307. The van der Waals surface area contributed by atoms with Crippen LogP contribution in [0.25, 0.3) is 10.9 Å². The van der Waals surface area contributed by atoms with Gasteiger partial charge in [-0.25, -0.2) is 4.79 Å². The number of aromatic nitrogens is 2. The maximum Gasteiger partial charge on any atom is 0.328 e. The lowest BCUT2D eigenvalue weighted by Gasteiger charge is -2.33. The molecule has 1 heterocycles. The van der Waals surface area contributed by atoms with Crippen molar-refractivity contribution in [3.8, 4) is 0 Å². The van der Waals surface area contributed by atoms with Crippen molar-refractivity contribution in [1.82, 2.24) is 14.5 Å². The molecular weight excluding hydrogens is 318 g/mol. The molecule has 1 aliphatic carbocycles. The van der Waals surface area contributed by atoms with Gasteiger partial charge in [0.2, 0.25) is 0 Å². The van der Waals surface area contributed by atoms with E-state index in [0.29, 0.717) is 29.6 Å². The number of fused-ring (bicyclic) bond motifs is 1. The van der Waals surface area contributed by atoms with Gasteiger partial charge in [0.1, 0.15) is 0 Å². The van der Waals surface area contributed by atoms with Crippen LogP contribution in [0.5, 0.6) is 0 Å². The van der Waals surface area contributed by atoms with Crippen LogP contribution in [0.4, 0.5) is 0 Å². The molecule has 1 aliphatic rings. The molecule has 6 nitrogen and oxygen atoms in total. The summed E-state index contributed by atoms with van der Waals surface area (Å²) in [6.07, 6.45) is 5.66. The maximum atomic E-state index is 13.0. The van der Waals surface area contributed by atoms with Gasteiger partial charge in [-0.2, -0.15) is 0 Å². The van der Waals surface area contributed by atoms with Gasteiger partial charge in [0, 0.05) is 24.7 Å². The van der Waals surface area contributed by atoms with E-state index in [9.17, 15) is 14.4 Å². The Balaban J connectivity index is 1.99. The van der Waals surface area contributed by atoms with Crippen molar-refractivity contribution in [2.75, 3.05) is 6.54 Å². The third-order valence-electron chi connectivity index (χ3n) is 5.16. The minimum absolute atomic E-state index is 0.0307. The van der Waals surface area contributed by atoms with Crippen LogP contribution in [-0.2, 0) is 6.54 Å². The predicted octanol–water partition coefficient (Wildman–Crippen LogP) is 2.50. The molecule has 1 N–H and O–H groups in total. The number of hydrogen-bond acceptors (Lipinski definition) is 3. The van der Waals surface area contributed by atoms with Crippen LogP contribution in [0.2, 0.25) is 0 Å². The van der Waals surface area contributed by atoms with Crippen LogP contribution in [0, 0.1) is 0 Å². The molecule has 1 amide bonds. The quantitative estimate of drug-likeness (QED) is 0.927. The first-order valence-corrected chi connectivity index (χ1v) is 9.14. The lowest BCUT2D eigenvalue weighted by atomic mass is 9.93. The number of nitrogens with one attached hydrogen (secondary N) is 1. The second-order valence-electron chi connectivity index (χ2n) is 6.62. The minimum Gasteiger partial charge on any atom is -0.336 e. The van der Waals surface area contributed by atoms with Gasteiger partial charge in [0.05, 0.1) is 10.9 Å². The standard InChI is InChI=1S/C19H25N3O3/c1-3-21(14-8-6-5-7-9-14)17(23)13-10-11-15-16(12-13)20-19(25)22(4-2)18(15)24/h10-12,14H,3-9H2,1-2H3,(H,20,25). The number of rotatable bonds is 4. The van der Waals surface area contributed by atoms with Crippen molar-refractivity contribution in [1.29, 1.82) is 0 Å². The summed E-state index contributed by atoms with van der Waals surface area (Å²) in [4.78, 5) is 42.0. The zero-order valence-corrected chi connectivity index (χ0v) is 14.9. The molecule has 25 heavy (non-hydrogen) atoms. The van der Waals surface area contributed by atoms with Crippen molar-refractivity contribution in [2.45, 2.75) is 58.5 Å². The zero-order valence-electron chi connectivity index (χ0n) is 14.9. The fourth-order valence-corrected chi connectivity index (χ4v) is 3.80. The van der Waals surface area contributed by atoms with Gasteiger partial charge in [-0.05, 0) is 44.9 Å². The SMILES string of the molecule is CCN(C(=O)c1ccc2c(=O)n(CC)c(=O)[nH]c2c1)C1CCCCC1. The summed E-state index contributed by atoms with van der Waals surface area (Å²) < 4.78 is 1.16. The molecule has 0 saturated heterocycles. The highest BCUT2D eigenvalue weighted by atomic mass is 16.2. The third-order valence-corrected chi connectivity index (χ3v) is 5.16. The Hall–Kier alpha value is -2.37. The van der Waals surface area contributed by atoms with Gasteiger partial charge < -0.3 is 9.88 Å². The Morgan fingerprint density at radius 3 is 2.56 bits per heavy atom. The van der Waals surface area contributed by atoms with Gasteiger partial charge in [-0.15, -0.1) is 0 Å². The fraction of sp³-hybridized carbons (Fsp3) is 0.526. The lowest BCUT2D eigenvalue weighted by molar-refractivity contribution is 0.0648. The van der Waals surface area contributed by atoms with Crippen LogP contribution in [-0.4, -0.2) is 32.9 Å². The van der Waals surface area contributed by atoms with Crippen LogP contribution < -0.4 is 11.2 Å². The summed E-state index contributed by atoms with van der Waals surface area (Å²) in [6.45, 7) is 4.73. The highest BCUT2D eigenvalue weighted by Crippen LogP contribution is 2.24. The van der Waals surface area contributed by atoms with E-state index in [1.165, 1.54) is 6.42 Å². The van der Waals surface area contributed by atoms with Crippen LogP contribution in [0.3, 0.4) is 0 Å². The number of H-pyrrole nitrogens is 1. The molecule has 3 rings (SSSR count). The number of hydrogen-bond donors (Lipinski definition) is 1.